The molecule has 1 aliphatic heterocycles. The lowest BCUT2D eigenvalue weighted by Crippen LogP contribution is -2.34. The fraction of sp³-hybridized carbons (Fsp3) is 0.385. The Morgan fingerprint density at radius 1 is 1.35 bits per heavy atom. The number of hydrogen-bond donors (Lipinski definition) is 2. The molecule has 2 nitrogen and oxygen atoms in total. The van der Waals surface area contributed by atoms with Crippen LogP contribution in [0.1, 0.15) is 24.4 Å². The molecule has 0 aliphatic carbocycles. The molecule has 17 heavy (non-hydrogen) atoms. The zero-order valence-corrected chi connectivity index (χ0v) is 11.2. The first-order valence-corrected chi connectivity index (χ1v) is 7.87. The average Bonchev–Trinajstić information content (AvgIpc) is 3.00. The number of thioether (sulfide) groups is 1. The van der Waals surface area contributed by atoms with Gasteiger partial charge in [0.25, 0.3) is 0 Å². The van der Waals surface area contributed by atoms with E-state index in [1.165, 1.54) is 34.2 Å². The van der Waals surface area contributed by atoms with Crippen molar-refractivity contribution in [3.05, 3.63) is 35.2 Å². The lowest BCUT2D eigenvalue weighted by molar-refractivity contribution is 0.524. The Morgan fingerprint density at radius 3 is 3.06 bits per heavy atom. The minimum absolute atomic E-state index is 0.282. The summed E-state index contributed by atoms with van der Waals surface area (Å²) in [5, 5.41) is 4.10. The Balaban J connectivity index is 2.02. The molecule has 1 aromatic heterocycles. The van der Waals surface area contributed by atoms with Crippen LogP contribution < -0.4 is 11.3 Å². The molecule has 0 saturated carbocycles. The van der Waals surface area contributed by atoms with Gasteiger partial charge in [-0.3, -0.25) is 11.3 Å². The van der Waals surface area contributed by atoms with Gasteiger partial charge in [0.2, 0.25) is 0 Å². The first-order chi connectivity index (χ1) is 8.40. The highest BCUT2D eigenvalue weighted by Gasteiger charge is 2.27. The maximum absolute atomic E-state index is 5.79. The van der Waals surface area contributed by atoms with Gasteiger partial charge in [0, 0.05) is 9.95 Å². The normalized spacial score (nSPS) is 22.1. The first kappa shape index (κ1) is 11.5. The molecule has 0 amide bonds. The van der Waals surface area contributed by atoms with Crippen molar-refractivity contribution in [2.75, 3.05) is 5.75 Å². The summed E-state index contributed by atoms with van der Waals surface area (Å²) in [6.45, 7) is 0. The van der Waals surface area contributed by atoms with Crippen molar-refractivity contribution in [1.82, 2.24) is 5.43 Å². The smallest absolute Gasteiger partial charge is 0.0592 e. The lowest BCUT2D eigenvalue weighted by atomic mass is 10.0. The van der Waals surface area contributed by atoms with E-state index in [9.17, 15) is 0 Å². The topological polar surface area (TPSA) is 38.0 Å². The van der Waals surface area contributed by atoms with Crippen LogP contribution >= 0.6 is 23.1 Å². The zero-order chi connectivity index (χ0) is 11.7. The fourth-order valence-electron chi connectivity index (χ4n) is 2.52. The first-order valence-electron chi connectivity index (χ1n) is 5.94. The van der Waals surface area contributed by atoms with Gasteiger partial charge in [-0.2, -0.15) is 11.8 Å². The molecule has 2 aromatic rings. The van der Waals surface area contributed by atoms with E-state index in [1.807, 2.05) is 23.1 Å². The van der Waals surface area contributed by atoms with Crippen LogP contribution in [-0.2, 0) is 0 Å². The number of hydrazine groups is 1. The van der Waals surface area contributed by atoms with Gasteiger partial charge in [-0.1, -0.05) is 18.2 Å². The third-order valence-electron chi connectivity index (χ3n) is 3.36. The van der Waals surface area contributed by atoms with Crippen molar-refractivity contribution >= 4 is 33.2 Å². The van der Waals surface area contributed by atoms with Gasteiger partial charge < -0.3 is 0 Å². The number of thiophene rings is 1. The molecule has 4 heteroatoms. The van der Waals surface area contributed by atoms with Crippen molar-refractivity contribution in [2.24, 2.45) is 5.84 Å². The molecule has 1 fully saturated rings. The lowest BCUT2D eigenvalue weighted by Gasteiger charge is -2.23. The molecule has 1 aromatic carbocycles. The highest BCUT2D eigenvalue weighted by molar-refractivity contribution is 8.00. The van der Waals surface area contributed by atoms with E-state index in [4.69, 9.17) is 5.84 Å². The molecular formula is C13H16N2S2. The molecule has 2 heterocycles. The minimum atomic E-state index is 0.282. The highest BCUT2D eigenvalue weighted by Crippen LogP contribution is 2.39. The van der Waals surface area contributed by atoms with Gasteiger partial charge in [0.1, 0.15) is 0 Å². The molecule has 1 saturated heterocycles. The molecule has 0 radical (unpaired) electrons. The zero-order valence-electron chi connectivity index (χ0n) is 9.56. The van der Waals surface area contributed by atoms with E-state index in [2.05, 4.69) is 35.1 Å². The Bertz CT molecular complexity index is 503. The fourth-order valence-corrected chi connectivity index (χ4v) is 4.86. The number of nitrogens with two attached hydrogens (primary N) is 1. The molecule has 90 valence electrons. The largest absolute Gasteiger partial charge is 0.271 e. The van der Waals surface area contributed by atoms with Crippen LogP contribution in [-0.4, -0.2) is 11.0 Å². The van der Waals surface area contributed by atoms with Gasteiger partial charge in [0.05, 0.1) is 6.04 Å². The molecule has 2 unspecified atom stereocenters. The summed E-state index contributed by atoms with van der Waals surface area (Å²) in [7, 11) is 0. The van der Waals surface area contributed by atoms with Crippen molar-refractivity contribution in [1.29, 1.82) is 0 Å². The molecule has 0 spiro atoms. The maximum atomic E-state index is 5.79. The predicted octanol–water partition coefficient (Wildman–Crippen LogP) is 3.30. The number of benzene rings is 1. The van der Waals surface area contributed by atoms with Gasteiger partial charge in [-0.25, -0.2) is 0 Å². The Hall–Kier alpha value is -0.550. The number of rotatable bonds is 3. The van der Waals surface area contributed by atoms with Crippen LogP contribution in [0.5, 0.6) is 0 Å². The predicted molar refractivity (Wildman–Crippen MR) is 77.4 cm³/mol. The van der Waals surface area contributed by atoms with Crippen molar-refractivity contribution < 1.29 is 0 Å². The quantitative estimate of drug-likeness (QED) is 0.660. The van der Waals surface area contributed by atoms with Gasteiger partial charge >= 0.3 is 0 Å². The second kappa shape index (κ2) is 4.98. The summed E-state index contributed by atoms with van der Waals surface area (Å²) in [6, 6.07) is 8.98. The van der Waals surface area contributed by atoms with Gasteiger partial charge in [0.15, 0.2) is 0 Å². The molecule has 3 rings (SSSR count). The third-order valence-corrected chi connectivity index (χ3v) is 5.80. The molecule has 2 atom stereocenters. The van der Waals surface area contributed by atoms with Gasteiger partial charge in [-0.15, -0.1) is 11.3 Å². The Kier molecular flexibility index (Phi) is 3.38. The molecule has 1 aliphatic rings. The van der Waals surface area contributed by atoms with E-state index in [0.29, 0.717) is 5.25 Å². The summed E-state index contributed by atoms with van der Waals surface area (Å²) in [6.07, 6.45) is 2.58. The second-order valence-corrected chi connectivity index (χ2v) is 6.65. The molecule has 0 bridgehead atoms. The SMILES string of the molecule is NNC(c1cccc2ccsc12)C1CCCS1. The summed E-state index contributed by atoms with van der Waals surface area (Å²) >= 11 is 3.85. The molecular weight excluding hydrogens is 248 g/mol. The summed E-state index contributed by atoms with van der Waals surface area (Å²) < 4.78 is 1.38. The van der Waals surface area contributed by atoms with Crippen molar-refractivity contribution in [3.8, 4) is 0 Å². The second-order valence-electron chi connectivity index (χ2n) is 4.38. The summed E-state index contributed by atoms with van der Waals surface area (Å²) in [5.74, 6) is 7.05. The van der Waals surface area contributed by atoms with Gasteiger partial charge in [-0.05, 0) is 41.0 Å². The van der Waals surface area contributed by atoms with E-state index >= 15 is 0 Å². The van der Waals surface area contributed by atoms with Crippen LogP contribution in [0.2, 0.25) is 0 Å². The summed E-state index contributed by atoms with van der Waals surface area (Å²) in [5.41, 5.74) is 4.39. The average molecular weight is 264 g/mol. The van der Waals surface area contributed by atoms with Crippen LogP contribution in [0.25, 0.3) is 10.1 Å². The summed E-state index contributed by atoms with van der Waals surface area (Å²) in [4.78, 5) is 0. The van der Waals surface area contributed by atoms with Crippen molar-refractivity contribution in [3.63, 3.8) is 0 Å². The monoisotopic (exact) mass is 264 g/mol. The highest BCUT2D eigenvalue weighted by atomic mass is 32.2. The van der Waals surface area contributed by atoms with E-state index < -0.39 is 0 Å². The number of hydrogen-bond acceptors (Lipinski definition) is 4. The number of fused-ring (bicyclic) bond motifs is 1. The van der Waals surface area contributed by atoms with Crippen LogP contribution in [0, 0.1) is 0 Å². The standard InChI is InChI=1S/C13H16N2S2/c14-15-12(11-5-2-7-16-11)10-4-1-3-9-6-8-17-13(9)10/h1,3-4,6,8,11-12,15H,2,5,7,14H2. The number of nitrogens with one attached hydrogen (secondary N) is 1. The van der Waals surface area contributed by atoms with Crippen LogP contribution in [0.3, 0.4) is 0 Å². The maximum Gasteiger partial charge on any atom is 0.0592 e. The van der Waals surface area contributed by atoms with E-state index in [1.54, 1.807) is 0 Å². The Labute approximate surface area is 110 Å². The van der Waals surface area contributed by atoms with E-state index in [0.717, 1.165) is 0 Å². The van der Waals surface area contributed by atoms with Crippen LogP contribution in [0.4, 0.5) is 0 Å². The van der Waals surface area contributed by atoms with Crippen LogP contribution in [0.15, 0.2) is 29.6 Å². The van der Waals surface area contributed by atoms with Crippen molar-refractivity contribution in [2.45, 2.75) is 24.1 Å². The van der Waals surface area contributed by atoms with E-state index in [-0.39, 0.29) is 6.04 Å². The molecule has 3 N–H and O–H groups in total. The Morgan fingerprint density at radius 2 is 2.29 bits per heavy atom. The minimum Gasteiger partial charge on any atom is -0.271 e. The third kappa shape index (κ3) is 2.10.